The van der Waals surface area contributed by atoms with Crippen molar-refractivity contribution in [3.63, 3.8) is 0 Å². The van der Waals surface area contributed by atoms with Gasteiger partial charge >= 0.3 is 0 Å². The lowest BCUT2D eigenvalue weighted by Gasteiger charge is -2.36. The van der Waals surface area contributed by atoms with E-state index in [9.17, 15) is 0 Å². The average Bonchev–Trinajstić information content (AvgIpc) is 3.14. The number of para-hydroxylation sites is 1. The van der Waals surface area contributed by atoms with Crippen molar-refractivity contribution in [2.45, 2.75) is 20.8 Å². The van der Waals surface area contributed by atoms with Crippen LogP contribution in [-0.2, 0) is 0 Å². The maximum absolute atomic E-state index is 4.76. The van der Waals surface area contributed by atoms with Crippen LogP contribution >= 0.6 is 12.4 Å². The standard InChI is InChI=1S/C21H23N5.ClH/c1-4-25(5-2)26(16-9-7-6-8-10-16)19-13-15(3)24-17-11-12-18-21(20(17)19)23-14-22-18;/h6-14H,4-5H2,1-3H3,(H,22,23);1H. The van der Waals surface area contributed by atoms with E-state index in [2.05, 4.69) is 70.2 Å². The summed E-state index contributed by atoms with van der Waals surface area (Å²) in [6.45, 7) is 8.23. The zero-order valence-electron chi connectivity index (χ0n) is 15.8. The van der Waals surface area contributed by atoms with E-state index in [1.165, 1.54) is 0 Å². The van der Waals surface area contributed by atoms with Crippen LogP contribution in [0.15, 0.2) is 54.9 Å². The maximum Gasteiger partial charge on any atom is 0.0932 e. The summed E-state index contributed by atoms with van der Waals surface area (Å²) in [4.78, 5) is 12.5. The number of fused-ring (bicyclic) bond motifs is 3. The molecule has 2 aromatic carbocycles. The monoisotopic (exact) mass is 381 g/mol. The molecule has 2 aromatic heterocycles. The van der Waals surface area contributed by atoms with Crippen molar-refractivity contribution in [2.24, 2.45) is 0 Å². The van der Waals surface area contributed by atoms with Crippen LogP contribution in [0.1, 0.15) is 19.5 Å². The van der Waals surface area contributed by atoms with Crippen LogP contribution < -0.4 is 5.01 Å². The number of benzene rings is 2. The van der Waals surface area contributed by atoms with Gasteiger partial charge in [0, 0.05) is 18.8 Å². The Morgan fingerprint density at radius 3 is 2.37 bits per heavy atom. The van der Waals surface area contributed by atoms with Crippen molar-refractivity contribution in [3.8, 4) is 0 Å². The van der Waals surface area contributed by atoms with E-state index >= 15 is 0 Å². The van der Waals surface area contributed by atoms with Crippen LogP contribution in [0.3, 0.4) is 0 Å². The predicted molar refractivity (Wildman–Crippen MR) is 115 cm³/mol. The van der Waals surface area contributed by atoms with Crippen LogP contribution in [-0.4, -0.2) is 33.1 Å². The van der Waals surface area contributed by atoms with E-state index in [1.807, 2.05) is 19.1 Å². The van der Waals surface area contributed by atoms with Crippen LogP contribution in [0, 0.1) is 6.92 Å². The van der Waals surface area contributed by atoms with Crippen molar-refractivity contribution in [1.82, 2.24) is 20.0 Å². The molecule has 0 atom stereocenters. The number of halogens is 1. The Hall–Kier alpha value is -2.63. The first kappa shape index (κ1) is 19.1. The van der Waals surface area contributed by atoms with E-state index in [0.29, 0.717) is 0 Å². The third-order valence-corrected chi connectivity index (χ3v) is 4.71. The molecule has 0 radical (unpaired) electrons. The highest BCUT2D eigenvalue weighted by Crippen LogP contribution is 2.36. The van der Waals surface area contributed by atoms with Crippen LogP contribution in [0.25, 0.3) is 21.9 Å². The highest BCUT2D eigenvalue weighted by Gasteiger charge is 2.21. The Morgan fingerprint density at radius 2 is 1.67 bits per heavy atom. The van der Waals surface area contributed by atoms with E-state index in [0.717, 1.165) is 52.1 Å². The van der Waals surface area contributed by atoms with Gasteiger partial charge in [0.05, 0.1) is 39.6 Å². The number of hydrazine groups is 1. The van der Waals surface area contributed by atoms with E-state index in [1.54, 1.807) is 6.33 Å². The third kappa shape index (κ3) is 3.36. The SMILES string of the molecule is CCN(CC)N(c1ccccc1)c1cc(C)nc2ccc3nc[nH]c3c12.Cl. The second-order valence-corrected chi connectivity index (χ2v) is 6.33. The number of nitrogens with zero attached hydrogens (tertiary/aromatic N) is 4. The summed E-state index contributed by atoms with van der Waals surface area (Å²) >= 11 is 0. The molecule has 0 aliphatic carbocycles. The largest absolute Gasteiger partial charge is 0.344 e. The molecule has 0 bridgehead atoms. The predicted octanol–water partition coefficient (Wildman–Crippen LogP) is 5.24. The highest BCUT2D eigenvalue weighted by molar-refractivity contribution is 6.10. The molecule has 1 N–H and O–H groups in total. The Bertz CT molecular complexity index is 1040. The quantitative estimate of drug-likeness (QED) is 0.480. The number of nitrogens with one attached hydrogen (secondary N) is 1. The summed E-state index contributed by atoms with van der Waals surface area (Å²) in [5.74, 6) is 0. The summed E-state index contributed by atoms with van der Waals surface area (Å²) in [6, 6.07) is 16.7. The smallest absolute Gasteiger partial charge is 0.0932 e. The molecule has 4 aromatic rings. The molecular weight excluding hydrogens is 358 g/mol. The topological polar surface area (TPSA) is 48.1 Å². The second kappa shape index (κ2) is 7.94. The summed E-state index contributed by atoms with van der Waals surface area (Å²) in [5, 5.41) is 5.73. The first-order valence-corrected chi connectivity index (χ1v) is 9.06. The molecule has 27 heavy (non-hydrogen) atoms. The number of H-pyrrole nitrogens is 1. The summed E-state index contributed by atoms with van der Waals surface area (Å²) in [6.07, 6.45) is 1.75. The lowest BCUT2D eigenvalue weighted by atomic mass is 10.1. The number of rotatable bonds is 5. The molecule has 0 saturated carbocycles. The number of anilines is 2. The number of aromatic nitrogens is 3. The van der Waals surface area contributed by atoms with Crippen molar-refractivity contribution in [2.75, 3.05) is 18.1 Å². The minimum absolute atomic E-state index is 0. The van der Waals surface area contributed by atoms with Gasteiger partial charge < -0.3 is 4.98 Å². The number of aromatic amines is 1. The Kier molecular flexibility index (Phi) is 5.63. The minimum Gasteiger partial charge on any atom is -0.344 e. The van der Waals surface area contributed by atoms with Crippen LogP contribution in [0.5, 0.6) is 0 Å². The summed E-state index contributed by atoms with van der Waals surface area (Å²) in [7, 11) is 0. The molecule has 5 nitrogen and oxygen atoms in total. The van der Waals surface area contributed by atoms with Gasteiger partial charge in [-0.2, -0.15) is 0 Å². The van der Waals surface area contributed by atoms with Gasteiger partial charge in [0.25, 0.3) is 0 Å². The first-order valence-electron chi connectivity index (χ1n) is 9.06. The zero-order valence-corrected chi connectivity index (χ0v) is 16.6. The molecule has 2 heterocycles. The molecular formula is C21H24ClN5. The van der Waals surface area contributed by atoms with Gasteiger partial charge in [-0.3, -0.25) is 9.99 Å². The molecule has 0 aliphatic heterocycles. The van der Waals surface area contributed by atoms with E-state index < -0.39 is 0 Å². The number of aryl methyl sites for hydroxylation is 1. The van der Waals surface area contributed by atoms with Crippen LogP contribution in [0.2, 0.25) is 0 Å². The first-order chi connectivity index (χ1) is 12.7. The van der Waals surface area contributed by atoms with Crippen molar-refractivity contribution >= 4 is 45.7 Å². The number of hydrogen-bond acceptors (Lipinski definition) is 4. The maximum atomic E-state index is 4.76. The Labute approximate surface area is 165 Å². The molecule has 0 saturated heterocycles. The van der Waals surface area contributed by atoms with Gasteiger partial charge in [0.1, 0.15) is 0 Å². The molecule has 140 valence electrons. The Balaban J connectivity index is 0.00000210. The highest BCUT2D eigenvalue weighted by atomic mass is 35.5. The molecule has 0 spiro atoms. The minimum atomic E-state index is 0. The number of imidazole rings is 1. The molecule has 4 rings (SSSR count). The molecule has 0 unspecified atom stereocenters. The fraction of sp³-hybridized carbons (Fsp3) is 0.238. The van der Waals surface area contributed by atoms with Gasteiger partial charge in [-0.25, -0.2) is 9.99 Å². The summed E-state index contributed by atoms with van der Waals surface area (Å²) in [5.41, 5.74) is 6.22. The summed E-state index contributed by atoms with van der Waals surface area (Å²) < 4.78 is 0. The van der Waals surface area contributed by atoms with Crippen molar-refractivity contribution < 1.29 is 0 Å². The van der Waals surface area contributed by atoms with Crippen LogP contribution in [0.4, 0.5) is 11.4 Å². The number of hydrogen-bond donors (Lipinski definition) is 1. The fourth-order valence-corrected chi connectivity index (χ4v) is 3.54. The molecule has 6 heteroatoms. The fourth-order valence-electron chi connectivity index (χ4n) is 3.54. The second-order valence-electron chi connectivity index (χ2n) is 6.33. The van der Waals surface area contributed by atoms with Gasteiger partial charge in [0.15, 0.2) is 0 Å². The van der Waals surface area contributed by atoms with Crippen molar-refractivity contribution in [3.05, 3.63) is 60.6 Å². The lowest BCUT2D eigenvalue weighted by molar-refractivity contribution is 0.310. The molecule has 0 amide bonds. The normalized spacial score (nSPS) is 11.1. The lowest BCUT2D eigenvalue weighted by Crippen LogP contribution is -2.39. The molecule has 0 fully saturated rings. The zero-order chi connectivity index (χ0) is 18.1. The van der Waals surface area contributed by atoms with E-state index in [4.69, 9.17) is 4.98 Å². The van der Waals surface area contributed by atoms with E-state index in [-0.39, 0.29) is 12.4 Å². The van der Waals surface area contributed by atoms with Gasteiger partial charge in [-0.05, 0) is 37.3 Å². The number of pyridine rings is 1. The van der Waals surface area contributed by atoms with Gasteiger partial charge in [-0.1, -0.05) is 32.0 Å². The van der Waals surface area contributed by atoms with Gasteiger partial charge in [-0.15, -0.1) is 12.4 Å². The van der Waals surface area contributed by atoms with Crippen molar-refractivity contribution in [1.29, 1.82) is 0 Å². The third-order valence-electron chi connectivity index (χ3n) is 4.71. The average molecular weight is 382 g/mol. The Morgan fingerprint density at radius 1 is 0.963 bits per heavy atom. The molecule has 0 aliphatic rings. The van der Waals surface area contributed by atoms with Gasteiger partial charge in [0.2, 0.25) is 0 Å².